The van der Waals surface area contributed by atoms with Crippen LogP contribution in [0.4, 0.5) is 0 Å². The number of carboxylic acids is 1. The van der Waals surface area contributed by atoms with E-state index in [0.717, 1.165) is 17.4 Å². The van der Waals surface area contributed by atoms with Crippen molar-refractivity contribution in [1.29, 1.82) is 0 Å². The van der Waals surface area contributed by atoms with Crippen LogP contribution in [0.1, 0.15) is 17.0 Å². The molecule has 0 aliphatic carbocycles. The highest BCUT2D eigenvalue weighted by Crippen LogP contribution is 2.36. The maximum absolute atomic E-state index is 12.6. The van der Waals surface area contributed by atoms with Crippen LogP contribution in [0.25, 0.3) is 0 Å². The zero-order valence-corrected chi connectivity index (χ0v) is 13.4. The highest BCUT2D eigenvalue weighted by Gasteiger charge is 2.43. The molecule has 1 N–H and O–H groups in total. The summed E-state index contributed by atoms with van der Waals surface area (Å²) in [7, 11) is -3.74. The predicted molar refractivity (Wildman–Crippen MR) is 82.5 cm³/mol. The summed E-state index contributed by atoms with van der Waals surface area (Å²) in [4.78, 5) is 11.6. The summed E-state index contributed by atoms with van der Waals surface area (Å²) < 4.78 is 31.2. The number of furan rings is 1. The van der Waals surface area contributed by atoms with Gasteiger partial charge in [-0.2, -0.15) is 4.31 Å². The van der Waals surface area contributed by atoms with Crippen LogP contribution < -0.4 is 0 Å². The average molecular weight is 335 g/mol. The summed E-state index contributed by atoms with van der Waals surface area (Å²) in [6, 6.07) is 8.91. The number of nitrogens with zero attached hydrogens (tertiary/aromatic N) is 1. The lowest BCUT2D eigenvalue weighted by atomic mass is 9.88. The van der Waals surface area contributed by atoms with Gasteiger partial charge in [0.2, 0.25) is 10.0 Å². The van der Waals surface area contributed by atoms with Gasteiger partial charge < -0.3 is 9.52 Å². The summed E-state index contributed by atoms with van der Waals surface area (Å²) in [6.07, 6.45) is 2.45. The normalized spacial score (nSPS) is 22.3. The molecule has 7 heteroatoms. The molecule has 1 saturated heterocycles. The fraction of sp³-hybridized carbons (Fsp3) is 0.312. The number of hydrogen-bond acceptors (Lipinski definition) is 4. The summed E-state index contributed by atoms with van der Waals surface area (Å²) in [5.74, 6) is -2.12. The SMILES string of the molecule is Cc1cccc([C@@H]2CN(S(=O)(=O)c3ccoc3)C[C@H]2C(=O)O)c1. The van der Waals surface area contributed by atoms with Gasteiger partial charge in [-0.05, 0) is 18.6 Å². The van der Waals surface area contributed by atoms with Crippen molar-refractivity contribution in [2.45, 2.75) is 17.7 Å². The first kappa shape index (κ1) is 15.8. The van der Waals surface area contributed by atoms with Crippen molar-refractivity contribution in [2.75, 3.05) is 13.1 Å². The third-order valence-electron chi connectivity index (χ3n) is 4.21. The molecule has 3 rings (SSSR count). The van der Waals surface area contributed by atoms with Crippen LogP contribution >= 0.6 is 0 Å². The third kappa shape index (κ3) is 2.89. The number of aryl methyl sites for hydroxylation is 1. The van der Waals surface area contributed by atoms with Crippen molar-refractivity contribution in [3.63, 3.8) is 0 Å². The van der Waals surface area contributed by atoms with E-state index >= 15 is 0 Å². The molecule has 6 nitrogen and oxygen atoms in total. The maximum atomic E-state index is 12.6. The first-order chi connectivity index (χ1) is 10.9. The van der Waals surface area contributed by atoms with E-state index in [2.05, 4.69) is 0 Å². The molecule has 0 bridgehead atoms. The summed E-state index contributed by atoms with van der Waals surface area (Å²) in [5.41, 5.74) is 1.87. The van der Waals surface area contributed by atoms with Crippen LogP contribution in [-0.2, 0) is 14.8 Å². The van der Waals surface area contributed by atoms with Crippen molar-refractivity contribution in [1.82, 2.24) is 4.31 Å². The van der Waals surface area contributed by atoms with Gasteiger partial charge in [-0.1, -0.05) is 29.8 Å². The lowest BCUT2D eigenvalue weighted by molar-refractivity contribution is -0.141. The zero-order chi connectivity index (χ0) is 16.6. The van der Waals surface area contributed by atoms with E-state index in [9.17, 15) is 18.3 Å². The Balaban J connectivity index is 1.95. The van der Waals surface area contributed by atoms with E-state index in [-0.39, 0.29) is 23.9 Å². The van der Waals surface area contributed by atoms with Gasteiger partial charge in [0, 0.05) is 19.0 Å². The van der Waals surface area contributed by atoms with Crippen molar-refractivity contribution < 1.29 is 22.7 Å². The quantitative estimate of drug-likeness (QED) is 0.924. The highest BCUT2D eigenvalue weighted by molar-refractivity contribution is 7.89. The van der Waals surface area contributed by atoms with Gasteiger partial charge in [0.15, 0.2) is 0 Å². The molecule has 1 aliphatic rings. The van der Waals surface area contributed by atoms with Crippen LogP contribution in [0.15, 0.2) is 52.2 Å². The minimum Gasteiger partial charge on any atom is -0.481 e. The minimum absolute atomic E-state index is 0.0402. The van der Waals surface area contributed by atoms with E-state index in [1.165, 1.54) is 16.6 Å². The monoisotopic (exact) mass is 335 g/mol. The second-order valence-electron chi connectivity index (χ2n) is 5.75. The Morgan fingerprint density at radius 3 is 2.70 bits per heavy atom. The van der Waals surface area contributed by atoms with Crippen molar-refractivity contribution >= 4 is 16.0 Å². The fourth-order valence-electron chi connectivity index (χ4n) is 3.00. The molecular formula is C16H17NO5S. The molecule has 1 fully saturated rings. The molecule has 2 atom stereocenters. The molecule has 1 aliphatic heterocycles. The Labute approximate surface area is 134 Å². The second kappa shape index (κ2) is 5.82. The summed E-state index contributed by atoms with van der Waals surface area (Å²) in [5, 5.41) is 9.49. The summed E-state index contributed by atoms with van der Waals surface area (Å²) >= 11 is 0. The smallest absolute Gasteiger partial charge is 0.308 e. The predicted octanol–water partition coefficient (Wildman–Crippen LogP) is 2.08. The van der Waals surface area contributed by atoms with E-state index in [0.29, 0.717) is 0 Å². The number of sulfonamides is 1. The number of hydrogen-bond donors (Lipinski definition) is 1. The standard InChI is InChI=1S/C16H17NO5S/c1-11-3-2-4-12(7-11)14-8-17(9-15(14)16(18)19)23(20,21)13-5-6-22-10-13/h2-7,10,14-15H,8-9H2,1H3,(H,18,19)/t14-,15+/m0/s1. The van der Waals surface area contributed by atoms with Gasteiger partial charge in [-0.25, -0.2) is 8.42 Å². The van der Waals surface area contributed by atoms with Gasteiger partial charge in [-0.15, -0.1) is 0 Å². The minimum atomic E-state index is -3.74. The molecular weight excluding hydrogens is 318 g/mol. The molecule has 1 aromatic heterocycles. The van der Waals surface area contributed by atoms with E-state index in [4.69, 9.17) is 4.42 Å². The van der Waals surface area contributed by atoms with E-state index in [1.807, 2.05) is 31.2 Å². The van der Waals surface area contributed by atoms with Crippen LogP contribution in [0.3, 0.4) is 0 Å². The van der Waals surface area contributed by atoms with Crippen LogP contribution in [0.2, 0.25) is 0 Å². The lowest BCUT2D eigenvalue weighted by Gasteiger charge is -2.16. The highest BCUT2D eigenvalue weighted by atomic mass is 32.2. The Kier molecular flexibility index (Phi) is 3.99. The van der Waals surface area contributed by atoms with Crippen LogP contribution in [0, 0.1) is 12.8 Å². The van der Waals surface area contributed by atoms with Crippen LogP contribution in [-0.4, -0.2) is 36.9 Å². The largest absolute Gasteiger partial charge is 0.481 e. The Bertz CT molecular complexity index is 813. The van der Waals surface area contributed by atoms with Crippen molar-refractivity contribution in [3.8, 4) is 0 Å². The Morgan fingerprint density at radius 1 is 1.30 bits per heavy atom. The Morgan fingerprint density at radius 2 is 2.09 bits per heavy atom. The fourth-order valence-corrected chi connectivity index (χ4v) is 4.42. The molecule has 2 aromatic rings. The molecule has 1 aromatic carbocycles. The maximum Gasteiger partial charge on any atom is 0.308 e. The van der Waals surface area contributed by atoms with Gasteiger partial charge in [0.1, 0.15) is 11.2 Å². The molecule has 122 valence electrons. The molecule has 0 unspecified atom stereocenters. The number of carboxylic acid groups (broad SMARTS) is 1. The topological polar surface area (TPSA) is 87.8 Å². The van der Waals surface area contributed by atoms with Gasteiger partial charge in [-0.3, -0.25) is 4.79 Å². The molecule has 0 radical (unpaired) electrons. The second-order valence-corrected chi connectivity index (χ2v) is 7.68. The molecule has 0 saturated carbocycles. The third-order valence-corrected chi connectivity index (χ3v) is 6.01. The number of carbonyl (C=O) groups is 1. The number of aliphatic carboxylic acids is 1. The molecule has 2 heterocycles. The first-order valence-corrected chi connectivity index (χ1v) is 8.65. The van der Waals surface area contributed by atoms with Gasteiger partial charge in [0.05, 0.1) is 12.2 Å². The average Bonchev–Trinajstić information content (AvgIpc) is 3.17. The van der Waals surface area contributed by atoms with E-state index in [1.54, 1.807) is 0 Å². The molecule has 23 heavy (non-hydrogen) atoms. The number of rotatable bonds is 4. The number of benzene rings is 1. The molecule has 0 spiro atoms. The first-order valence-electron chi connectivity index (χ1n) is 7.21. The lowest BCUT2D eigenvalue weighted by Crippen LogP contribution is -2.29. The Hall–Kier alpha value is -2.12. The van der Waals surface area contributed by atoms with Crippen molar-refractivity contribution in [3.05, 3.63) is 54.0 Å². The van der Waals surface area contributed by atoms with Gasteiger partial charge in [0.25, 0.3) is 0 Å². The van der Waals surface area contributed by atoms with Gasteiger partial charge >= 0.3 is 5.97 Å². The van der Waals surface area contributed by atoms with Crippen LogP contribution in [0.5, 0.6) is 0 Å². The van der Waals surface area contributed by atoms with E-state index < -0.39 is 21.9 Å². The molecule has 0 amide bonds. The van der Waals surface area contributed by atoms with Crippen molar-refractivity contribution in [2.24, 2.45) is 5.92 Å². The summed E-state index contributed by atoms with van der Waals surface area (Å²) in [6.45, 7) is 2.03. The zero-order valence-electron chi connectivity index (χ0n) is 12.5.